The molecule has 0 spiro atoms. The van der Waals surface area contributed by atoms with Gasteiger partial charge < -0.3 is 10.3 Å². The highest BCUT2D eigenvalue weighted by molar-refractivity contribution is 5.78. The molecule has 0 aliphatic carbocycles. The van der Waals surface area contributed by atoms with Gasteiger partial charge in [-0.2, -0.15) is 0 Å². The second-order valence-electron chi connectivity index (χ2n) is 1.93. The quantitative estimate of drug-likeness (QED) is 0.531. The summed E-state index contributed by atoms with van der Waals surface area (Å²) in [6.07, 6.45) is 3.72. The van der Waals surface area contributed by atoms with Gasteiger partial charge in [0.1, 0.15) is 0 Å². The molecule has 0 fully saturated rings. The smallest absolute Gasteiger partial charge is 0.153 e. The minimum atomic E-state index is 0.838. The van der Waals surface area contributed by atoms with Crippen LogP contribution in [0, 0.1) is 0 Å². The Kier molecular flexibility index (Phi) is 0.828. The van der Waals surface area contributed by atoms with Crippen LogP contribution < -0.4 is 5.32 Å². The Labute approximate surface area is 52.8 Å². The van der Waals surface area contributed by atoms with E-state index in [1.807, 2.05) is 18.5 Å². The number of hydrogen-bond donors (Lipinski definition) is 2. The molecular formula is C6H7N3. The average molecular weight is 121 g/mol. The molecule has 2 rings (SSSR count). The normalized spacial score (nSPS) is 14.7. The van der Waals surface area contributed by atoms with Crippen molar-refractivity contribution in [1.82, 2.24) is 4.98 Å². The fraction of sp³-hybridized carbons (Fsp3) is 0.167. The molecule has 0 saturated carbocycles. The zero-order valence-electron chi connectivity index (χ0n) is 4.89. The molecular weight excluding hydrogens is 114 g/mol. The van der Waals surface area contributed by atoms with Crippen molar-refractivity contribution in [3.8, 4) is 0 Å². The van der Waals surface area contributed by atoms with Gasteiger partial charge in [-0.05, 0) is 6.07 Å². The fourth-order valence-electron chi connectivity index (χ4n) is 0.903. The first-order valence-corrected chi connectivity index (χ1v) is 2.90. The van der Waals surface area contributed by atoms with Gasteiger partial charge in [-0.1, -0.05) is 0 Å². The van der Waals surface area contributed by atoms with Crippen LogP contribution in [0.15, 0.2) is 17.3 Å². The summed E-state index contributed by atoms with van der Waals surface area (Å²) in [5, 5.41) is 3.16. The molecule has 1 aromatic rings. The average Bonchev–Trinajstić information content (AvgIpc) is 2.33. The molecule has 0 aromatic carbocycles. The fourth-order valence-corrected chi connectivity index (χ4v) is 0.903. The second kappa shape index (κ2) is 1.62. The van der Waals surface area contributed by atoms with E-state index in [0.717, 1.165) is 18.1 Å². The van der Waals surface area contributed by atoms with E-state index in [2.05, 4.69) is 15.3 Å². The number of H-pyrrole nitrogens is 1. The van der Waals surface area contributed by atoms with E-state index in [1.54, 1.807) is 0 Å². The van der Waals surface area contributed by atoms with E-state index in [1.165, 1.54) is 0 Å². The molecule has 1 aromatic heterocycles. The third-order valence-corrected chi connectivity index (χ3v) is 1.33. The van der Waals surface area contributed by atoms with E-state index in [4.69, 9.17) is 0 Å². The Morgan fingerprint density at radius 1 is 1.56 bits per heavy atom. The highest BCUT2D eigenvalue weighted by atomic mass is 15.0. The summed E-state index contributed by atoms with van der Waals surface area (Å²) in [6.45, 7) is 0.838. The lowest BCUT2D eigenvalue weighted by atomic mass is 10.4. The first-order chi connectivity index (χ1) is 4.47. The predicted molar refractivity (Wildman–Crippen MR) is 37.4 cm³/mol. The SMILES string of the molecule is C1=Nc2[nH]ccc2NC1. The van der Waals surface area contributed by atoms with Crippen LogP contribution in [-0.2, 0) is 0 Å². The van der Waals surface area contributed by atoms with Gasteiger partial charge in [-0.25, -0.2) is 4.99 Å². The van der Waals surface area contributed by atoms with Gasteiger partial charge in [0.2, 0.25) is 0 Å². The number of aliphatic imine (C=N–C) groups is 1. The molecule has 0 atom stereocenters. The van der Waals surface area contributed by atoms with Crippen molar-refractivity contribution in [1.29, 1.82) is 0 Å². The van der Waals surface area contributed by atoms with Crippen LogP contribution in [0.5, 0.6) is 0 Å². The largest absolute Gasteiger partial charge is 0.377 e. The van der Waals surface area contributed by atoms with Crippen LogP contribution in [0.4, 0.5) is 11.5 Å². The predicted octanol–water partition coefficient (Wildman–Crippen LogP) is 1.14. The van der Waals surface area contributed by atoms with E-state index in [-0.39, 0.29) is 0 Å². The zero-order valence-corrected chi connectivity index (χ0v) is 4.89. The third kappa shape index (κ3) is 0.614. The van der Waals surface area contributed by atoms with Gasteiger partial charge in [-0.15, -0.1) is 0 Å². The Hall–Kier alpha value is -1.25. The molecule has 0 saturated heterocycles. The van der Waals surface area contributed by atoms with Crippen molar-refractivity contribution in [3.63, 3.8) is 0 Å². The molecule has 9 heavy (non-hydrogen) atoms. The van der Waals surface area contributed by atoms with Crippen molar-refractivity contribution in [3.05, 3.63) is 12.3 Å². The minimum absolute atomic E-state index is 0.838. The third-order valence-electron chi connectivity index (χ3n) is 1.33. The van der Waals surface area contributed by atoms with Gasteiger partial charge in [0.05, 0.1) is 12.2 Å². The molecule has 0 amide bonds. The van der Waals surface area contributed by atoms with E-state index in [0.29, 0.717) is 0 Å². The van der Waals surface area contributed by atoms with Crippen molar-refractivity contribution in [2.75, 3.05) is 11.9 Å². The molecule has 2 heterocycles. The number of nitrogens with zero attached hydrogens (tertiary/aromatic N) is 1. The lowest BCUT2D eigenvalue weighted by Crippen LogP contribution is -2.04. The van der Waals surface area contributed by atoms with Gasteiger partial charge in [0.25, 0.3) is 0 Å². The molecule has 1 aliphatic heterocycles. The van der Waals surface area contributed by atoms with Crippen LogP contribution in [0.25, 0.3) is 0 Å². The Morgan fingerprint density at radius 2 is 2.56 bits per heavy atom. The monoisotopic (exact) mass is 121 g/mol. The van der Waals surface area contributed by atoms with Crippen LogP contribution >= 0.6 is 0 Å². The lowest BCUT2D eigenvalue weighted by Gasteiger charge is -2.05. The molecule has 3 heteroatoms. The number of hydrogen-bond acceptors (Lipinski definition) is 2. The highest BCUT2D eigenvalue weighted by Crippen LogP contribution is 2.23. The summed E-state index contributed by atoms with van der Waals surface area (Å²) in [4.78, 5) is 7.11. The van der Waals surface area contributed by atoms with Crippen LogP contribution in [-0.4, -0.2) is 17.7 Å². The summed E-state index contributed by atoms with van der Waals surface area (Å²) in [6, 6.07) is 1.98. The standard InChI is InChI=1S/C6H7N3/c1-2-8-6-5(1)7-3-4-9-6/h1-2,4,7-8H,3H2. The number of nitrogens with one attached hydrogen (secondary N) is 2. The Bertz CT molecular complexity index is 236. The summed E-state index contributed by atoms with van der Waals surface area (Å²) in [5.41, 5.74) is 1.09. The molecule has 0 radical (unpaired) electrons. The van der Waals surface area contributed by atoms with Crippen molar-refractivity contribution < 1.29 is 0 Å². The molecule has 0 unspecified atom stereocenters. The Balaban J connectivity index is 2.53. The summed E-state index contributed by atoms with van der Waals surface area (Å²) in [5.74, 6) is 0.932. The zero-order chi connectivity index (χ0) is 6.10. The Morgan fingerprint density at radius 3 is 3.44 bits per heavy atom. The van der Waals surface area contributed by atoms with Gasteiger partial charge >= 0.3 is 0 Å². The minimum Gasteiger partial charge on any atom is -0.377 e. The highest BCUT2D eigenvalue weighted by Gasteiger charge is 2.02. The van der Waals surface area contributed by atoms with Crippen LogP contribution in [0.1, 0.15) is 0 Å². The van der Waals surface area contributed by atoms with Gasteiger partial charge in [-0.3, -0.25) is 0 Å². The lowest BCUT2D eigenvalue weighted by molar-refractivity contribution is 1.28. The number of anilines is 1. The van der Waals surface area contributed by atoms with Crippen molar-refractivity contribution in [2.24, 2.45) is 4.99 Å². The van der Waals surface area contributed by atoms with E-state index < -0.39 is 0 Å². The van der Waals surface area contributed by atoms with Crippen molar-refractivity contribution in [2.45, 2.75) is 0 Å². The molecule has 2 N–H and O–H groups in total. The van der Waals surface area contributed by atoms with E-state index in [9.17, 15) is 0 Å². The molecule has 3 nitrogen and oxygen atoms in total. The number of rotatable bonds is 0. The topological polar surface area (TPSA) is 40.2 Å². The molecule has 1 aliphatic rings. The summed E-state index contributed by atoms with van der Waals surface area (Å²) < 4.78 is 0. The van der Waals surface area contributed by atoms with Gasteiger partial charge in [0.15, 0.2) is 5.82 Å². The van der Waals surface area contributed by atoms with Crippen molar-refractivity contribution >= 4 is 17.7 Å². The maximum absolute atomic E-state index is 4.11. The number of aromatic nitrogens is 1. The maximum atomic E-state index is 4.11. The first kappa shape index (κ1) is 4.61. The summed E-state index contributed by atoms with van der Waals surface area (Å²) in [7, 11) is 0. The molecule has 46 valence electrons. The van der Waals surface area contributed by atoms with E-state index >= 15 is 0 Å². The number of fused-ring (bicyclic) bond motifs is 1. The summed E-state index contributed by atoms with van der Waals surface area (Å²) >= 11 is 0. The van der Waals surface area contributed by atoms with Crippen LogP contribution in [0.3, 0.4) is 0 Å². The maximum Gasteiger partial charge on any atom is 0.153 e. The molecule has 0 bridgehead atoms. The first-order valence-electron chi connectivity index (χ1n) is 2.90. The van der Waals surface area contributed by atoms with Gasteiger partial charge in [0, 0.05) is 12.4 Å². The number of aromatic amines is 1. The van der Waals surface area contributed by atoms with Crippen LogP contribution in [0.2, 0.25) is 0 Å². The second-order valence-corrected chi connectivity index (χ2v) is 1.93.